The Bertz CT molecular complexity index is 752. The number of imidazole rings is 1. The van der Waals surface area contributed by atoms with Gasteiger partial charge in [-0.15, -0.1) is 0 Å². The lowest BCUT2D eigenvalue weighted by Gasteiger charge is -2.06. The first-order valence-corrected chi connectivity index (χ1v) is 6.04. The molecule has 0 aliphatic rings. The van der Waals surface area contributed by atoms with Crippen LogP contribution in [0, 0.1) is 0 Å². The minimum absolute atomic E-state index is 0.483. The lowest BCUT2D eigenvalue weighted by molar-refractivity contribution is 0.215. The van der Waals surface area contributed by atoms with E-state index in [1.54, 1.807) is 47.4 Å². The number of ether oxygens (including phenoxy) is 1. The first-order chi connectivity index (χ1) is 9.74. The number of hydrogen-bond donors (Lipinski definition) is 1. The highest BCUT2D eigenvalue weighted by Crippen LogP contribution is 2.19. The normalized spacial score (nSPS) is 10.4. The largest absolute Gasteiger partial charge is 0.417 e. The van der Waals surface area contributed by atoms with E-state index < -0.39 is 6.09 Å². The van der Waals surface area contributed by atoms with Crippen molar-refractivity contribution in [2.24, 2.45) is 7.05 Å². The summed E-state index contributed by atoms with van der Waals surface area (Å²) in [5.74, 6) is 0.483. The predicted molar refractivity (Wildman–Crippen MR) is 74.6 cm³/mol. The number of aromatic nitrogens is 3. The standard InChI is InChI=1S/C14H12N4O2/c1-18-9-16-12-11(7-8-15-13(12)18)17-14(19)20-10-5-3-2-4-6-10/h2-9H,1H3,(H,15,17,19). The van der Waals surface area contributed by atoms with E-state index in [1.807, 2.05) is 13.1 Å². The fraction of sp³-hybridized carbons (Fsp3) is 0.0714. The Morgan fingerprint density at radius 1 is 1.20 bits per heavy atom. The van der Waals surface area contributed by atoms with Crippen LogP contribution in [-0.2, 0) is 7.05 Å². The van der Waals surface area contributed by atoms with E-state index in [1.165, 1.54) is 0 Å². The monoisotopic (exact) mass is 268 g/mol. The maximum atomic E-state index is 11.8. The van der Waals surface area contributed by atoms with E-state index in [2.05, 4.69) is 15.3 Å². The van der Waals surface area contributed by atoms with E-state index >= 15 is 0 Å². The number of carbonyl (C=O) groups excluding carboxylic acids is 1. The van der Waals surface area contributed by atoms with Gasteiger partial charge in [0.15, 0.2) is 5.65 Å². The molecule has 0 unspecified atom stereocenters. The first kappa shape index (κ1) is 12.2. The molecule has 1 aromatic carbocycles. The second-order valence-corrected chi connectivity index (χ2v) is 4.21. The van der Waals surface area contributed by atoms with Gasteiger partial charge in [0.1, 0.15) is 11.3 Å². The number of anilines is 1. The molecule has 2 aromatic heterocycles. The van der Waals surface area contributed by atoms with Crippen LogP contribution in [0.25, 0.3) is 11.2 Å². The van der Waals surface area contributed by atoms with E-state index in [-0.39, 0.29) is 0 Å². The number of hydrogen-bond acceptors (Lipinski definition) is 4. The molecule has 0 saturated carbocycles. The zero-order chi connectivity index (χ0) is 13.9. The van der Waals surface area contributed by atoms with E-state index in [0.717, 1.165) is 0 Å². The maximum Gasteiger partial charge on any atom is 0.417 e. The molecule has 100 valence electrons. The van der Waals surface area contributed by atoms with Crippen molar-refractivity contribution in [1.82, 2.24) is 14.5 Å². The van der Waals surface area contributed by atoms with Gasteiger partial charge in [-0.25, -0.2) is 14.8 Å². The zero-order valence-electron chi connectivity index (χ0n) is 10.8. The van der Waals surface area contributed by atoms with Crippen LogP contribution < -0.4 is 10.1 Å². The molecule has 0 aliphatic carbocycles. The highest BCUT2D eigenvalue weighted by atomic mass is 16.6. The fourth-order valence-corrected chi connectivity index (χ4v) is 1.86. The number of aryl methyl sites for hydroxylation is 1. The first-order valence-electron chi connectivity index (χ1n) is 6.04. The number of fused-ring (bicyclic) bond motifs is 1. The molecule has 6 nitrogen and oxygen atoms in total. The van der Waals surface area contributed by atoms with Crippen molar-refractivity contribution < 1.29 is 9.53 Å². The molecule has 0 saturated heterocycles. The van der Waals surface area contributed by atoms with Crippen LogP contribution >= 0.6 is 0 Å². The van der Waals surface area contributed by atoms with Crippen LogP contribution in [0.15, 0.2) is 48.9 Å². The lowest BCUT2D eigenvalue weighted by atomic mass is 10.3. The molecule has 0 bridgehead atoms. The van der Waals surface area contributed by atoms with Gasteiger partial charge in [0.2, 0.25) is 0 Å². The average Bonchev–Trinajstić information content (AvgIpc) is 2.83. The average molecular weight is 268 g/mol. The van der Waals surface area contributed by atoms with Crippen molar-refractivity contribution in [3.63, 3.8) is 0 Å². The molecule has 3 rings (SSSR count). The third-order valence-electron chi connectivity index (χ3n) is 2.79. The molecule has 0 fully saturated rings. The highest BCUT2D eigenvalue weighted by Gasteiger charge is 2.10. The molecule has 3 aromatic rings. The molecule has 0 spiro atoms. The van der Waals surface area contributed by atoms with Gasteiger partial charge < -0.3 is 9.30 Å². The third-order valence-corrected chi connectivity index (χ3v) is 2.79. The maximum absolute atomic E-state index is 11.8. The minimum atomic E-state index is -0.561. The van der Waals surface area contributed by atoms with Crippen LogP contribution in [0.1, 0.15) is 0 Å². The van der Waals surface area contributed by atoms with Crippen molar-refractivity contribution in [1.29, 1.82) is 0 Å². The van der Waals surface area contributed by atoms with Gasteiger partial charge in [-0.05, 0) is 18.2 Å². The smallest absolute Gasteiger partial charge is 0.410 e. The summed E-state index contributed by atoms with van der Waals surface area (Å²) in [6, 6.07) is 10.6. The van der Waals surface area contributed by atoms with Crippen LogP contribution in [0.5, 0.6) is 5.75 Å². The lowest BCUT2D eigenvalue weighted by Crippen LogP contribution is -2.17. The summed E-state index contributed by atoms with van der Waals surface area (Å²) in [5, 5.41) is 2.67. The van der Waals surface area contributed by atoms with Crippen molar-refractivity contribution in [3.05, 3.63) is 48.9 Å². The number of pyridine rings is 1. The third kappa shape index (κ3) is 2.31. The molecular formula is C14H12N4O2. The summed E-state index contributed by atoms with van der Waals surface area (Å²) in [7, 11) is 1.84. The van der Waals surface area contributed by atoms with Crippen LogP contribution in [-0.4, -0.2) is 20.6 Å². The van der Waals surface area contributed by atoms with Gasteiger partial charge in [-0.2, -0.15) is 0 Å². The number of carbonyl (C=O) groups is 1. The number of nitrogens with one attached hydrogen (secondary N) is 1. The SMILES string of the molecule is Cn1cnc2c(NC(=O)Oc3ccccc3)ccnc21. The van der Waals surface area contributed by atoms with Crippen molar-refractivity contribution >= 4 is 22.9 Å². The molecule has 0 aliphatic heterocycles. The summed E-state index contributed by atoms with van der Waals surface area (Å²) in [6.07, 6.45) is 2.70. The van der Waals surface area contributed by atoms with E-state index in [0.29, 0.717) is 22.6 Å². The van der Waals surface area contributed by atoms with E-state index in [4.69, 9.17) is 4.74 Å². The molecular weight excluding hydrogens is 256 g/mol. The van der Waals surface area contributed by atoms with Crippen molar-refractivity contribution in [3.8, 4) is 5.75 Å². The Balaban J connectivity index is 1.81. The summed E-state index contributed by atoms with van der Waals surface area (Å²) in [5.41, 5.74) is 1.89. The molecule has 0 radical (unpaired) electrons. The highest BCUT2D eigenvalue weighted by molar-refractivity contribution is 5.96. The number of benzene rings is 1. The number of rotatable bonds is 2. The van der Waals surface area contributed by atoms with Gasteiger partial charge in [0.05, 0.1) is 12.0 Å². The Morgan fingerprint density at radius 2 is 2.00 bits per heavy atom. The Hall–Kier alpha value is -2.89. The van der Waals surface area contributed by atoms with Crippen LogP contribution in [0.4, 0.5) is 10.5 Å². The minimum Gasteiger partial charge on any atom is -0.410 e. The summed E-state index contributed by atoms with van der Waals surface area (Å²) in [4.78, 5) is 20.3. The van der Waals surface area contributed by atoms with Gasteiger partial charge in [-0.1, -0.05) is 18.2 Å². The molecule has 1 N–H and O–H groups in total. The van der Waals surface area contributed by atoms with Gasteiger partial charge in [-0.3, -0.25) is 5.32 Å². The second-order valence-electron chi connectivity index (χ2n) is 4.21. The summed E-state index contributed by atoms with van der Waals surface area (Å²) in [6.45, 7) is 0. The Morgan fingerprint density at radius 3 is 2.80 bits per heavy atom. The molecule has 1 amide bonds. The topological polar surface area (TPSA) is 69.0 Å². The second kappa shape index (κ2) is 5.00. The van der Waals surface area contributed by atoms with Crippen molar-refractivity contribution in [2.75, 3.05) is 5.32 Å². The zero-order valence-corrected chi connectivity index (χ0v) is 10.8. The number of para-hydroxylation sites is 1. The van der Waals surface area contributed by atoms with Crippen LogP contribution in [0.3, 0.4) is 0 Å². The van der Waals surface area contributed by atoms with Crippen LogP contribution in [0.2, 0.25) is 0 Å². The Labute approximate surface area is 115 Å². The van der Waals surface area contributed by atoms with Gasteiger partial charge in [0.25, 0.3) is 0 Å². The van der Waals surface area contributed by atoms with Crippen molar-refractivity contribution in [2.45, 2.75) is 0 Å². The molecule has 2 heterocycles. The van der Waals surface area contributed by atoms with Gasteiger partial charge in [0, 0.05) is 13.2 Å². The summed E-state index contributed by atoms with van der Waals surface area (Å²) >= 11 is 0. The number of amides is 1. The molecule has 0 atom stereocenters. The predicted octanol–water partition coefficient (Wildman–Crippen LogP) is 2.58. The quantitative estimate of drug-likeness (QED) is 0.775. The molecule has 20 heavy (non-hydrogen) atoms. The molecule has 6 heteroatoms. The van der Waals surface area contributed by atoms with Gasteiger partial charge >= 0.3 is 6.09 Å². The fourth-order valence-electron chi connectivity index (χ4n) is 1.86. The Kier molecular flexibility index (Phi) is 3.04. The number of nitrogens with zero attached hydrogens (tertiary/aromatic N) is 3. The summed E-state index contributed by atoms with van der Waals surface area (Å²) < 4.78 is 6.95. The van der Waals surface area contributed by atoms with E-state index in [9.17, 15) is 4.79 Å².